The Morgan fingerprint density at radius 2 is 2.21 bits per heavy atom. The first-order valence-corrected chi connectivity index (χ1v) is 5.34. The number of nitrogens with zero attached hydrogens (tertiary/aromatic N) is 1. The maximum atomic E-state index is 3.47. The molecule has 1 aromatic carbocycles. The minimum atomic E-state index is 0.899. The fourth-order valence-electron chi connectivity index (χ4n) is 1.84. The van der Waals surface area contributed by atoms with Crippen LogP contribution in [0, 0.1) is 0 Å². The Bertz CT molecular complexity index is 488. The molecule has 0 radical (unpaired) electrons. The van der Waals surface area contributed by atoms with Gasteiger partial charge in [-0.2, -0.15) is 0 Å². The number of aromatic nitrogens is 1. The van der Waals surface area contributed by atoms with Gasteiger partial charge in [0.1, 0.15) is 0 Å². The van der Waals surface area contributed by atoms with Crippen molar-refractivity contribution in [3.05, 3.63) is 46.7 Å². The summed E-state index contributed by atoms with van der Waals surface area (Å²) in [7, 11) is 0. The molecule has 0 amide bonds. The highest BCUT2D eigenvalue weighted by molar-refractivity contribution is 9.10. The Morgan fingerprint density at radius 1 is 1.29 bits per heavy atom. The van der Waals surface area contributed by atoms with Gasteiger partial charge in [0.2, 0.25) is 0 Å². The second-order valence-electron chi connectivity index (χ2n) is 3.38. The molecule has 0 saturated carbocycles. The molecule has 0 saturated heterocycles. The van der Waals surface area contributed by atoms with Crippen molar-refractivity contribution in [2.45, 2.75) is 6.54 Å². The third-order valence-electron chi connectivity index (χ3n) is 2.51. The van der Waals surface area contributed by atoms with Crippen LogP contribution in [0.3, 0.4) is 0 Å². The number of hydrogen-bond donors (Lipinski definition) is 1. The van der Waals surface area contributed by atoms with Gasteiger partial charge < -0.3 is 9.88 Å². The van der Waals surface area contributed by atoms with E-state index in [0.29, 0.717) is 0 Å². The standard InChI is InChI=1S/C11H9BrN2/c12-8-3-4-11-10(6-8)13-7-9-2-1-5-14(9)11/h1-6,13H,7H2. The van der Waals surface area contributed by atoms with E-state index in [0.717, 1.165) is 11.0 Å². The van der Waals surface area contributed by atoms with Crippen molar-refractivity contribution in [2.75, 3.05) is 5.32 Å². The number of anilines is 1. The molecule has 0 atom stereocenters. The first-order valence-electron chi connectivity index (χ1n) is 4.54. The second kappa shape index (κ2) is 2.89. The zero-order valence-electron chi connectivity index (χ0n) is 7.50. The van der Waals surface area contributed by atoms with Crippen LogP contribution in [0.15, 0.2) is 41.0 Å². The maximum absolute atomic E-state index is 3.47. The van der Waals surface area contributed by atoms with Crippen LogP contribution in [0.5, 0.6) is 0 Å². The van der Waals surface area contributed by atoms with E-state index in [9.17, 15) is 0 Å². The highest BCUT2D eigenvalue weighted by Crippen LogP contribution is 2.29. The number of halogens is 1. The van der Waals surface area contributed by atoms with Gasteiger partial charge in [-0.25, -0.2) is 0 Å². The molecule has 1 N–H and O–H groups in total. The molecule has 0 spiro atoms. The molecule has 1 aromatic heterocycles. The summed E-state index contributed by atoms with van der Waals surface area (Å²) < 4.78 is 3.33. The molecule has 1 aliphatic rings. The topological polar surface area (TPSA) is 17.0 Å². The van der Waals surface area contributed by atoms with Crippen LogP contribution in [0.4, 0.5) is 5.69 Å². The van der Waals surface area contributed by atoms with E-state index < -0.39 is 0 Å². The summed E-state index contributed by atoms with van der Waals surface area (Å²) in [5.41, 5.74) is 3.71. The van der Waals surface area contributed by atoms with Crippen molar-refractivity contribution in [3.8, 4) is 5.69 Å². The fraction of sp³-hybridized carbons (Fsp3) is 0.0909. The van der Waals surface area contributed by atoms with E-state index >= 15 is 0 Å². The van der Waals surface area contributed by atoms with E-state index in [2.05, 4.69) is 62.3 Å². The number of nitrogens with one attached hydrogen (secondary N) is 1. The Balaban J connectivity index is 2.26. The number of hydrogen-bond acceptors (Lipinski definition) is 1. The average Bonchev–Trinajstić information content (AvgIpc) is 2.65. The zero-order valence-corrected chi connectivity index (χ0v) is 9.08. The molecule has 1 aliphatic heterocycles. The molecule has 0 bridgehead atoms. The highest BCUT2D eigenvalue weighted by Gasteiger charge is 2.13. The van der Waals surface area contributed by atoms with Gasteiger partial charge in [-0.1, -0.05) is 15.9 Å². The lowest BCUT2D eigenvalue weighted by molar-refractivity contribution is 0.908. The van der Waals surface area contributed by atoms with E-state index in [1.807, 2.05) is 0 Å². The predicted molar refractivity (Wildman–Crippen MR) is 60.8 cm³/mol. The van der Waals surface area contributed by atoms with Crippen LogP contribution in [0.25, 0.3) is 5.69 Å². The van der Waals surface area contributed by atoms with E-state index in [1.54, 1.807) is 0 Å². The molecule has 3 rings (SSSR count). The van der Waals surface area contributed by atoms with Gasteiger partial charge in [0.25, 0.3) is 0 Å². The first kappa shape index (κ1) is 8.12. The van der Waals surface area contributed by atoms with Crippen molar-refractivity contribution in [3.63, 3.8) is 0 Å². The molecule has 70 valence electrons. The largest absolute Gasteiger partial charge is 0.378 e. The van der Waals surface area contributed by atoms with Gasteiger partial charge in [-0.15, -0.1) is 0 Å². The normalized spacial score (nSPS) is 12.9. The summed E-state index contributed by atoms with van der Waals surface area (Å²) in [4.78, 5) is 0. The molecular weight excluding hydrogens is 240 g/mol. The van der Waals surface area contributed by atoms with Gasteiger partial charge in [0, 0.05) is 16.4 Å². The van der Waals surface area contributed by atoms with Gasteiger partial charge in [-0.05, 0) is 30.3 Å². The molecule has 0 unspecified atom stereocenters. The van der Waals surface area contributed by atoms with Gasteiger partial charge in [0.05, 0.1) is 17.9 Å². The lowest BCUT2D eigenvalue weighted by atomic mass is 10.2. The van der Waals surface area contributed by atoms with Crippen LogP contribution in [-0.4, -0.2) is 4.57 Å². The monoisotopic (exact) mass is 248 g/mol. The van der Waals surface area contributed by atoms with Gasteiger partial charge >= 0.3 is 0 Å². The molecule has 2 heterocycles. The smallest absolute Gasteiger partial charge is 0.0686 e. The van der Waals surface area contributed by atoms with Gasteiger partial charge in [0.15, 0.2) is 0 Å². The minimum Gasteiger partial charge on any atom is -0.378 e. The predicted octanol–water partition coefficient (Wildman–Crippen LogP) is 3.17. The molecule has 0 fully saturated rings. The Labute approximate surface area is 90.7 Å². The van der Waals surface area contributed by atoms with Crippen LogP contribution < -0.4 is 5.32 Å². The maximum Gasteiger partial charge on any atom is 0.0686 e. The second-order valence-corrected chi connectivity index (χ2v) is 4.30. The minimum absolute atomic E-state index is 0.899. The SMILES string of the molecule is Brc1ccc2c(c1)NCc1cccn1-2. The van der Waals surface area contributed by atoms with Crippen molar-refractivity contribution in [2.24, 2.45) is 0 Å². The number of benzene rings is 1. The molecule has 2 aromatic rings. The molecule has 0 aliphatic carbocycles. The molecular formula is C11H9BrN2. The molecule has 2 nitrogen and oxygen atoms in total. The van der Waals surface area contributed by atoms with Crippen LogP contribution in [0.2, 0.25) is 0 Å². The summed E-state index contributed by atoms with van der Waals surface area (Å²) in [5.74, 6) is 0. The van der Waals surface area contributed by atoms with E-state index in [1.165, 1.54) is 17.1 Å². The number of fused-ring (bicyclic) bond motifs is 3. The Kier molecular flexibility index (Phi) is 1.67. The van der Waals surface area contributed by atoms with Crippen molar-refractivity contribution in [1.82, 2.24) is 4.57 Å². The van der Waals surface area contributed by atoms with E-state index in [-0.39, 0.29) is 0 Å². The third-order valence-corrected chi connectivity index (χ3v) is 3.00. The average molecular weight is 249 g/mol. The van der Waals surface area contributed by atoms with Crippen molar-refractivity contribution in [1.29, 1.82) is 0 Å². The Morgan fingerprint density at radius 3 is 3.14 bits per heavy atom. The zero-order chi connectivity index (χ0) is 9.54. The van der Waals surface area contributed by atoms with Gasteiger partial charge in [-0.3, -0.25) is 0 Å². The quantitative estimate of drug-likeness (QED) is 0.758. The van der Waals surface area contributed by atoms with Crippen LogP contribution >= 0.6 is 15.9 Å². The summed E-state index contributed by atoms with van der Waals surface area (Å²) in [6, 6.07) is 10.5. The summed E-state index contributed by atoms with van der Waals surface area (Å²) in [5, 5.41) is 3.39. The molecule has 3 heteroatoms. The summed E-state index contributed by atoms with van der Waals surface area (Å²) in [6.07, 6.45) is 2.10. The van der Waals surface area contributed by atoms with Crippen LogP contribution in [0.1, 0.15) is 5.69 Å². The first-order chi connectivity index (χ1) is 6.84. The Hall–Kier alpha value is -1.22. The molecule has 14 heavy (non-hydrogen) atoms. The van der Waals surface area contributed by atoms with Crippen molar-refractivity contribution < 1.29 is 0 Å². The van der Waals surface area contributed by atoms with Crippen LogP contribution in [-0.2, 0) is 6.54 Å². The summed E-state index contributed by atoms with van der Waals surface area (Å²) in [6.45, 7) is 0.899. The van der Waals surface area contributed by atoms with E-state index in [4.69, 9.17) is 0 Å². The summed E-state index contributed by atoms with van der Waals surface area (Å²) >= 11 is 3.47. The lowest BCUT2D eigenvalue weighted by Crippen LogP contribution is -2.13. The third kappa shape index (κ3) is 1.09. The highest BCUT2D eigenvalue weighted by atomic mass is 79.9. The number of rotatable bonds is 0. The van der Waals surface area contributed by atoms with Crippen molar-refractivity contribution >= 4 is 21.6 Å². The fourth-order valence-corrected chi connectivity index (χ4v) is 2.20. The lowest BCUT2D eigenvalue weighted by Gasteiger charge is -2.21.